The minimum atomic E-state index is -0.0653. The minimum absolute atomic E-state index is 0.0304. The Kier molecular flexibility index (Phi) is 3.98. The summed E-state index contributed by atoms with van der Waals surface area (Å²) in [6.07, 6.45) is 3.41. The number of amides is 1. The van der Waals surface area contributed by atoms with Gasteiger partial charge in [0.1, 0.15) is 0 Å². The number of hydrogen-bond donors (Lipinski definition) is 1. The van der Waals surface area contributed by atoms with Crippen molar-refractivity contribution in [2.24, 2.45) is 0 Å². The van der Waals surface area contributed by atoms with Crippen LogP contribution in [-0.4, -0.2) is 5.91 Å². The fourth-order valence-corrected chi connectivity index (χ4v) is 3.05. The predicted octanol–water partition coefficient (Wildman–Crippen LogP) is 4.32. The number of hydrogen-bond acceptors (Lipinski definition) is 1. The number of halogens is 1. The number of fused-ring (bicyclic) bond motifs is 1. The van der Waals surface area contributed by atoms with Crippen LogP contribution in [0.3, 0.4) is 0 Å². The van der Waals surface area contributed by atoms with Gasteiger partial charge in [-0.3, -0.25) is 4.79 Å². The molecule has 0 fully saturated rings. The molecular weight excluding hydrogens is 282 g/mol. The van der Waals surface area contributed by atoms with Gasteiger partial charge in [0.2, 0.25) is 0 Å². The SMILES string of the molecule is C[C@@H](NC(=O)c1ccc2c(c1)CCC2)c1cccc(Cl)c1. The first-order chi connectivity index (χ1) is 10.1. The second kappa shape index (κ2) is 5.90. The topological polar surface area (TPSA) is 29.1 Å². The third-order valence-electron chi connectivity index (χ3n) is 4.06. The number of carbonyl (C=O) groups excluding carboxylic acids is 1. The Hall–Kier alpha value is -1.80. The average Bonchev–Trinajstić information content (AvgIpc) is 2.94. The lowest BCUT2D eigenvalue weighted by Crippen LogP contribution is -2.26. The summed E-state index contributed by atoms with van der Waals surface area (Å²) in [6, 6.07) is 13.6. The van der Waals surface area contributed by atoms with Gasteiger partial charge in [-0.2, -0.15) is 0 Å². The van der Waals surface area contributed by atoms with Crippen LogP contribution in [0.5, 0.6) is 0 Å². The van der Waals surface area contributed by atoms with Crippen LogP contribution >= 0.6 is 11.6 Å². The molecule has 0 unspecified atom stereocenters. The number of carbonyl (C=O) groups is 1. The van der Waals surface area contributed by atoms with E-state index >= 15 is 0 Å². The molecule has 0 radical (unpaired) electrons. The van der Waals surface area contributed by atoms with Gasteiger partial charge >= 0.3 is 0 Å². The predicted molar refractivity (Wildman–Crippen MR) is 85.8 cm³/mol. The Morgan fingerprint density at radius 1 is 1.14 bits per heavy atom. The van der Waals surface area contributed by atoms with E-state index in [9.17, 15) is 4.79 Å². The van der Waals surface area contributed by atoms with E-state index in [1.807, 2.05) is 43.3 Å². The zero-order chi connectivity index (χ0) is 14.8. The van der Waals surface area contributed by atoms with Crippen molar-refractivity contribution in [3.63, 3.8) is 0 Å². The van der Waals surface area contributed by atoms with E-state index in [0.29, 0.717) is 5.02 Å². The molecule has 1 N–H and O–H groups in total. The molecule has 0 spiro atoms. The van der Waals surface area contributed by atoms with E-state index in [0.717, 1.165) is 24.0 Å². The van der Waals surface area contributed by atoms with E-state index in [2.05, 4.69) is 11.4 Å². The van der Waals surface area contributed by atoms with Gasteiger partial charge in [-0.25, -0.2) is 0 Å². The lowest BCUT2D eigenvalue weighted by molar-refractivity contribution is 0.0940. The van der Waals surface area contributed by atoms with E-state index in [1.54, 1.807) is 0 Å². The van der Waals surface area contributed by atoms with Crippen LogP contribution in [0.25, 0.3) is 0 Å². The molecule has 0 aliphatic heterocycles. The van der Waals surface area contributed by atoms with Crippen LogP contribution in [0.1, 0.15) is 46.4 Å². The van der Waals surface area contributed by atoms with E-state index < -0.39 is 0 Å². The molecule has 1 amide bonds. The Morgan fingerprint density at radius 3 is 2.76 bits per heavy atom. The monoisotopic (exact) mass is 299 g/mol. The third-order valence-corrected chi connectivity index (χ3v) is 4.29. The van der Waals surface area contributed by atoms with Gasteiger partial charge in [-0.1, -0.05) is 29.8 Å². The standard InChI is InChI=1S/C18H18ClNO/c1-12(14-5-3-7-17(19)11-14)20-18(21)16-9-8-13-4-2-6-15(13)10-16/h3,5,7-12H,2,4,6H2,1H3,(H,20,21)/t12-/m1/s1. The first kappa shape index (κ1) is 14.2. The molecule has 1 atom stereocenters. The second-order valence-corrected chi connectivity index (χ2v) is 6.02. The molecule has 108 valence electrons. The summed E-state index contributed by atoms with van der Waals surface area (Å²) in [5.41, 5.74) is 4.45. The molecule has 2 nitrogen and oxygen atoms in total. The fraction of sp³-hybridized carbons (Fsp3) is 0.278. The van der Waals surface area contributed by atoms with Crippen molar-refractivity contribution in [3.8, 4) is 0 Å². The summed E-state index contributed by atoms with van der Waals surface area (Å²) in [4.78, 5) is 12.4. The fourth-order valence-electron chi connectivity index (χ4n) is 2.85. The number of rotatable bonds is 3. The maximum absolute atomic E-state index is 12.4. The van der Waals surface area contributed by atoms with Gasteiger partial charge in [0, 0.05) is 10.6 Å². The highest BCUT2D eigenvalue weighted by molar-refractivity contribution is 6.30. The lowest BCUT2D eigenvalue weighted by atomic mass is 10.0. The van der Waals surface area contributed by atoms with Crippen LogP contribution in [0, 0.1) is 0 Å². The van der Waals surface area contributed by atoms with Crippen molar-refractivity contribution >= 4 is 17.5 Å². The summed E-state index contributed by atoms with van der Waals surface area (Å²) in [6.45, 7) is 1.97. The zero-order valence-corrected chi connectivity index (χ0v) is 12.8. The highest BCUT2D eigenvalue weighted by Crippen LogP contribution is 2.23. The Morgan fingerprint density at radius 2 is 1.95 bits per heavy atom. The number of nitrogens with one attached hydrogen (secondary N) is 1. The van der Waals surface area contributed by atoms with Gasteiger partial charge < -0.3 is 5.32 Å². The largest absolute Gasteiger partial charge is 0.346 e. The highest BCUT2D eigenvalue weighted by atomic mass is 35.5. The van der Waals surface area contributed by atoms with Crippen LogP contribution in [0.2, 0.25) is 5.02 Å². The molecule has 2 aromatic rings. The molecule has 0 aromatic heterocycles. The van der Waals surface area contributed by atoms with E-state index in [-0.39, 0.29) is 11.9 Å². The smallest absolute Gasteiger partial charge is 0.251 e. The maximum atomic E-state index is 12.4. The molecule has 0 bridgehead atoms. The van der Waals surface area contributed by atoms with Gasteiger partial charge in [-0.05, 0) is 67.1 Å². The first-order valence-electron chi connectivity index (χ1n) is 7.31. The van der Waals surface area contributed by atoms with Crippen molar-refractivity contribution in [2.75, 3.05) is 0 Å². The van der Waals surface area contributed by atoms with Gasteiger partial charge in [0.05, 0.1) is 6.04 Å². The van der Waals surface area contributed by atoms with Crippen LogP contribution in [0.15, 0.2) is 42.5 Å². The maximum Gasteiger partial charge on any atom is 0.251 e. The summed E-state index contributed by atoms with van der Waals surface area (Å²) >= 11 is 5.99. The molecule has 1 aliphatic carbocycles. The molecule has 1 aliphatic rings. The molecule has 3 rings (SSSR count). The molecule has 0 saturated heterocycles. The van der Waals surface area contributed by atoms with Crippen molar-refractivity contribution in [1.82, 2.24) is 5.32 Å². The summed E-state index contributed by atoms with van der Waals surface area (Å²) in [5.74, 6) is -0.0304. The van der Waals surface area contributed by atoms with Gasteiger partial charge in [0.25, 0.3) is 5.91 Å². The second-order valence-electron chi connectivity index (χ2n) is 5.59. The van der Waals surface area contributed by atoms with Crippen molar-refractivity contribution in [2.45, 2.75) is 32.2 Å². The molecule has 0 heterocycles. The zero-order valence-electron chi connectivity index (χ0n) is 12.0. The molecule has 0 saturated carbocycles. The van der Waals surface area contributed by atoms with Crippen molar-refractivity contribution in [1.29, 1.82) is 0 Å². The Labute approximate surface area is 130 Å². The van der Waals surface area contributed by atoms with E-state index in [1.165, 1.54) is 17.5 Å². The van der Waals surface area contributed by atoms with Gasteiger partial charge in [0.15, 0.2) is 0 Å². The van der Waals surface area contributed by atoms with Crippen LogP contribution in [-0.2, 0) is 12.8 Å². The average molecular weight is 300 g/mol. The summed E-state index contributed by atoms with van der Waals surface area (Å²) < 4.78 is 0. The third kappa shape index (κ3) is 3.11. The van der Waals surface area contributed by atoms with Crippen molar-refractivity contribution in [3.05, 3.63) is 69.7 Å². The van der Waals surface area contributed by atoms with Crippen molar-refractivity contribution < 1.29 is 4.79 Å². The molecular formula is C18H18ClNO. The molecule has 21 heavy (non-hydrogen) atoms. The lowest BCUT2D eigenvalue weighted by Gasteiger charge is -2.15. The summed E-state index contributed by atoms with van der Waals surface area (Å²) in [5, 5.41) is 3.72. The normalized spacial score (nSPS) is 14.6. The van der Waals surface area contributed by atoms with E-state index in [4.69, 9.17) is 11.6 Å². The van der Waals surface area contributed by atoms with Crippen LogP contribution < -0.4 is 5.32 Å². The van der Waals surface area contributed by atoms with Crippen LogP contribution in [0.4, 0.5) is 0 Å². The minimum Gasteiger partial charge on any atom is -0.346 e. The molecule has 2 aromatic carbocycles. The van der Waals surface area contributed by atoms with Gasteiger partial charge in [-0.15, -0.1) is 0 Å². The Bertz CT molecular complexity index is 681. The Balaban J connectivity index is 1.74. The first-order valence-corrected chi connectivity index (χ1v) is 7.69. The summed E-state index contributed by atoms with van der Waals surface area (Å²) in [7, 11) is 0. The number of aryl methyl sites for hydroxylation is 2. The quantitative estimate of drug-likeness (QED) is 0.898. The molecule has 3 heteroatoms. The number of benzene rings is 2. The highest BCUT2D eigenvalue weighted by Gasteiger charge is 2.15.